The SMILES string of the molecule is CCNCCC=Cc1cc(C)ccc1C. The van der Waals surface area contributed by atoms with E-state index in [0.717, 1.165) is 19.5 Å². The second-order valence-electron chi connectivity index (χ2n) is 3.90. The summed E-state index contributed by atoms with van der Waals surface area (Å²) in [5, 5.41) is 3.31. The molecule has 0 heterocycles. The maximum Gasteiger partial charge on any atom is -0.00143 e. The van der Waals surface area contributed by atoms with Gasteiger partial charge in [0, 0.05) is 0 Å². The number of hydrogen-bond donors (Lipinski definition) is 1. The lowest BCUT2D eigenvalue weighted by atomic mass is 10.1. The van der Waals surface area contributed by atoms with E-state index in [4.69, 9.17) is 0 Å². The van der Waals surface area contributed by atoms with E-state index in [2.05, 4.69) is 56.4 Å². The minimum Gasteiger partial charge on any atom is -0.317 e. The van der Waals surface area contributed by atoms with Gasteiger partial charge in [0.15, 0.2) is 0 Å². The Kier molecular flexibility index (Phi) is 5.13. The quantitative estimate of drug-likeness (QED) is 0.724. The molecule has 82 valence electrons. The van der Waals surface area contributed by atoms with Gasteiger partial charge < -0.3 is 5.32 Å². The lowest BCUT2D eigenvalue weighted by Crippen LogP contribution is -2.12. The third kappa shape index (κ3) is 4.30. The third-order valence-electron chi connectivity index (χ3n) is 2.47. The molecule has 0 amide bonds. The van der Waals surface area contributed by atoms with Crippen molar-refractivity contribution in [3.05, 3.63) is 41.0 Å². The van der Waals surface area contributed by atoms with E-state index >= 15 is 0 Å². The summed E-state index contributed by atoms with van der Waals surface area (Å²) in [5.41, 5.74) is 4.01. The molecule has 0 spiro atoms. The van der Waals surface area contributed by atoms with Gasteiger partial charge >= 0.3 is 0 Å². The summed E-state index contributed by atoms with van der Waals surface area (Å²) in [6.45, 7) is 8.54. The fraction of sp³-hybridized carbons (Fsp3) is 0.429. The van der Waals surface area contributed by atoms with Crippen LogP contribution in [0.5, 0.6) is 0 Å². The minimum atomic E-state index is 1.05. The maximum absolute atomic E-state index is 3.31. The van der Waals surface area contributed by atoms with Crippen LogP contribution in [0.25, 0.3) is 6.08 Å². The predicted octanol–water partition coefficient (Wildman–Crippen LogP) is 3.32. The van der Waals surface area contributed by atoms with Crippen LogP contribution in [0, 0.1) is 13.8 Å². The second-order valence-corrected chi connectivity index (χ2v) is 3.90. The molecular weight excluding hydrogens is 182 g/mol. The Morgan fingerprint density at radius 2 is 2.07 bits per heavy atom. The van der Waals surface area contributed by atoms with E-state index in [0.29, 0.717) is 0 Å². The van der Waals surface area contributed by atoms with Crippen LogP contribution in [-0.2, 0) is 0 Å². The minimum absolute atomic E-state index is 1.05. The number of aryl methyl sites for hydroxylation is 2. The van der Waals surface area contributed by atoms with E-state index < -0.39 is 0 Å². The van der Waals surface area contributed by atoms with Crippen LogP contribution in [0.3, 0.4) is 0 Å². The van der Waals surface area contributed by atoms with Gasteiger partial charge in [0.05, 0.1) is 0 Å². The van der Waals surface area contributed by atoms with Crippen molar-refractivity contribution >= 4 is 6.08 Å². The van der Waals surface area contributed by atoms with E-state index in [9.17, 15) is 0 Å². The normalized spacial score (nSPS) is 11.1. The van der Waals surface area contributed by atoms with Gasteiger partial charge in [-0.25, -0.2) is 0 Å². The van der Waals surface area contributed by atoms with Gasteiger partial charge in [-0.2, -0.15) is 0 Å². The summed E-state index contributed by atoms with van der Waals surface area (Å²) in [5.74, 6) is 0. The molecule has 0 unspecified atom stereocenters. The van der Waals surface area contributed by atoms with Crippen molar-refractivity contribution in [3.8, 4) is 0 Å². The van der Waals surface area contributed by atoms with Gasteiger partial charge in [-0.05, 0) is 44.5 Å². The number of rotatable bonds is 5. The Balaban J connectivity index is 2.52. The Morgan fingerprint density at radius 1 is 1.27 bits per heavy atom. The summed E-state index contributed by atoms with van der Waals surface area (Å²) in [6, 6.07) is 6.57. The number of nitrogens with one attached hydrogen (secondary N) is 1. The van der Waals surface area contributed by atoms with Crippen LogP contribution in [0.2, 0.25) is 0 Å². The molecule has 0 saturated heterocycles. The van der Waals surface area contributed by atoms with E-state index in [1.54, 1.807) is 0 Å². The predicted molar refractivity (Wildman–Crippen MR) is 68.1 cm³/mol. The van der Waals surface area contributed by atoms with Gasteiger partial charge in [0.25, 0.3) is 0 Å². The molecule has 1 aromatic carbocycles. The Bertz CT molecular complexity index is 326. The topological polar surface area (TPSA) is 12.0 Å². The van der Waals surface area contributed by atoms with Crippen molar-refractivity contribution < 1.29 is 0 Å². The molecule has 15 heavy (non-hydrogen) atoms. The molecule has 1 rings (SSSR count). The van der Waals surface area contributed by atoms with Gasteiger partial charge in [0.1, 0.15) is 0 Å². The number of hydrogen-bond acceptors (Lipinski definition) is 1. The highest BCUT2D eigenvalue weighted by molar-refractivity contribution is 5.54. The van der Waals surface area contributed by atoms with E-state index in [1.807, 2.05) is 0 Å². The van der Waals surface area contributed by atoms with Crippen LogP contribution in [0.1, 0.15) is 30.0 Å². The van der Waals surface area contributed by atoms with Crippen molar-refractivity contribution in [1.29, 1.82) is 0 Å². The summed E-state index contributed by atoms with van der Waals surface area (Å²) >= 11 is 0. The van der Waals surface area contributed by atoms with Crippen molar-refractivity contribution in [2.24, 2.45) is 0 Å². The Morgan fingerprint density at radius 3 is 2.80 bits per heavy atom. The van der Waals surface area contributed by atoms with Crippen LogP contribution in [0.15, 0.2) is 24.3 Å². The Hall–Kier alpha value is -1.08. The van der Waals surface area contributed by atoms with Crippen molar-refractivity contribution in [2.75, 3.05) is 13.1 Å². The van der Waals surface area contributed by atoms with Crippen molar-refractivity contribution in [2.45, 2.75) is 27.2 Å². The van der Waals surface area contributed by atoms with Gasteiger partial charge in [0.2, 0.25) is 0 Å². The lowest BCUT2D eigenvalue weighted by Gasteiger charge is -2.01. The first-order valence-electron chi connectivity index (χ1n) is 5.68. The van der Waals surface area contributed by atoms with Gasteiger partial charge in [-0.15, -0.1) is 0 Å². The van der Waals surface area contributed by atoms with Crippen LogP contribution in [0.4, 0.5) is 0 Å². The van der Waals surface area contributed by atoms with Crippen LogP contribution >= 0.6 is 0 Å². The molecule has 0 fully saturated rings. The molecule has 0 atom stereocenters. The molecular formula is C14H21N. The van der Waals surface area contributed by atoms with E-state index in [-0.39, 0.29) is 0 Å². The van der Waals surface area contributed by atoms with Gasteiger partial charge in [-0.3, -0.25) is 0 Å². The zero-order chi connectivity index (χ0) is 11.1. The molecule has 1 heteroatoms. The third-order valence-corrected chi connectivity index (χ3v) is 2.47. The molecule has 1 N–H and O–H groups in total. The number of benzene rings is 1. The molecule has 0 aliphatic rings. The Labute approximate surface area is 93.2 Å². The van der Waals surface area contributed by atoms with Crippen molar-refractivity contribution in [1.82, 2.24) is 5.32 Å². The monoisotopic (exact) mass is 203 g/mol. The summed E-state index contributed by atoms with van der Waals surface area (Å²) in [7, 11) is 0. The largest absolute Gasteiger partial charge is 0.317 e. The fourth-order valence-electron chi connectivity index (χ4n) is 1.51. The highest BCUT2D eigenvalue weighted by Crippen LogP contribution is 2.12. The zero-order valence-electron chi connectivity index (χ0n) is 10.0. The highest BCUT2D eigenvalue weighted by atomic mass is 14.8. The molecule has 1 aromatic rings. The summed E-state index contributed by atoms with van der Waals surface area (Å²) in [4.78, 5) is 0. The fourth-order valence-corrected chi connectivity index (χ4v) is 1.51. The second kappa shape index (κ2) is 6.41. The van der Waals surface area contributed by atoms with Gasteiger partial charge in [-0.1, -0.05) is 42.8 Å². The van der Waals surface area contributed by atoms with Crippen LogP contribution in [-0.4, -0.2) is 13.1 Å². The smallest absolute Gasteiger partial charge is 0.00143 e. The van der Waals surface area contributed by atoms with Crippen LogP contribution < -0.4 is 5.32 Å². The average Bonchev–Trinajstić information content (AvgIpc) is 2.23. The molecule has 0 aromatic heterocycles. The average molecular weight is 203 g/mol. The molecule has 0 aliphatic carbocycles. The molecule has 0 bridgehead atoms. The lowest BCUT2D eigenvalue weighted by molar-refractivity contribution is 0.727. The summed E-state index contributed by atoms with van der Waals surface area (Å²) < 4.78 is 0. The molecule has 0 radical (unpaired) electrons. The zero-order valence-corrected chi connectivity index (χ0v) is 10.0. The maximum atomic E-state index is 3.31. The molecule has 0 aliphatic heterocycles. The summed E-state index contributed by atoms with van der Waals surface area (Å²) in [6.07, 6.45) is 5.56. The van der Waals surface area contributed by atoms with E-state index in [1.165, 1.54) is 16.7 Å². The first-order valence-corrected chi connectivity index (χ1v) is 5.68. The first-order chi connectivity index (χ1) is 7.24. The van der Waals surface area contributed by atoms with Crippen molar-refractivity contribution in [3.63, 3.8) is 0 Å². The molecule has 0 saturated carbocycles. The highest BCUT2D eigenvalue weighted by Gasteiger charge is 1.93. The standard InChI is InChI=1S/C14H21N/c1-4-15-10-6-5-7-14-11-12(2)8-9-13(14)3/h5,7-9,11,15H,4,6,10H2,1-3H3. The first kappa shape index (κ1) is 12.0. The molecule has 1 nitrogen and oxygen atoms in total.